The lowest BCUT2D eigenvalue weighted by atomic mass is 9.98. The van der Waals surface area contributed by atoms with Gasteiger partial charge in [0.25, 0.3) is 0 Å². The van der Waals surface area contributed by atoms with E-state index in [1.165, 1.54) is 58.9 Å². The van der Waals surface area contributed by atoms with Crippen LogP contribution in [0.3, 0.4) is 0 Å². The minimum Gasteiger partial charge on any atom is -0.309 e. The number of anilines is 3. The lowest BCUT2D eigenvalue weighted by Gasteiger charge is -2.26. The molecule has 0 radical (unpaired) electrons. The number of rotatable bonds is 5. The highest BCUT2D eigenvalue weighted by Gasteiger charge is 2.18. The minimum absolute atomic E-state index is 1.14. The van der Waals surface area contributed by atoms with Crippen LogP contribution in [0.15, 0.2) is 164 Å². The summed E-state index contributed by atoms with van der Waals surface area (Å²) in [6, 6.07) is 59.1. The molecule has 0 aliphatic carbocycles. The van der Waals surface area contributed by atoms with Gasteiger partial charge in [-0.25, -0.2) is 0 Å². The summed E-state index contributed by atoms with van der Waals surface area (Å²) in [5, 5.41) is 5.14. The van der Waals surface area contributed by atoms with Crippen molar-refractivity contribution < 1.29 is 0 Å². The second kappa shape index (κ2) is 10.3. The third-order valence-electron chi connectivity index (χ3n) is 8.08. The molecule has 0 saturated heterocycles. The van der Waals surface area contributed by atoms with E-state index in [-0.39, 0.29) is 0 Å². The first-order chi connectivity index (χ1) is 20.8. The summed E-state index contributed by atoms with van der Waals surface area (Å²) in [5.74, 6) is 0. The number of fused-ring (bicyclic) bond motifs is 4. The van der Waals surface area contributed by atoms with Crippen molar-refractivity contribution >= 4 is 59.3 Å². The van der Waals surface area contributed by atoms with Gasteiger partial charge in [-0.2, -0.15) is 0 Å². The van der Waals surface area contributed by atoms with Gasteiger partial charge in [-0.15, -0.1) is 11.3 Å². The summed E-state index contributed by atoms with van der Waals surface area (Å²) >= 11 is 1.87. The Labute approximate surface area is 249 Å². The van der Waals surface area contributed by atoms with Crippen molar-refractivity contribution in [3.63, 3.8) is 0 Å². The predicted octanol–water partition coefficient (Wildman–Crippen LogP) is 12.0. The van der Waals surface area contributed by atoms with Gasteiger partial charge in [-0.3, -0.25) is 0 Å². The van der Waals surface area contributed by atoms with Gasteiger partial charge in [0.1, 0.15) is 0 Å². The van der Waals surface area contributed by atoms with Crippen LogP contribution in [-0.2, 0) is 0 Å². The van der Waals surface area contributed by atoms with E-state index in [4.69, 9.17) is 0 Å². The number of thiophene rings is 1. The number of benzene rings is 7. The van der Waals surface area contributed by atoms with E-state index in [9.17, 15) is 0 Å². The molecule has 8 aromatic rings. The van der Waals surface area contributed by atoms with E-state index >= 15 is 0 Å². The molecule has 1 heterocycles. The molecular weight excluding hydrogens is 527 g/mol. The van der Waals surface area contributed by atoms with Crippen LogP contribution in [0.4, 0.5) is 17.1 Å². The van der Waals surface area contributed by atoms with Gasteiger partial charge in [0, 0.05) is 26.8 Å². The maximum absolute atomic E-state index is 2.40. The Bertz CT molecular complexity index is 2170. The van der Waals surface area contributed by atoms with Gasteiger partial charge in [0.15, 0.2) is 0 Å². The molecule has 1 aromatic heterocycles. The van der Waals surface area contributed by atoms with Crippen LogP contribution in [0, 0.1) is 0 Å². The van der Waals surface area contributed by atoms with Crippen LogP contribution in [0.5, 0.6) is 0 Å². The first kappa shape index (κ1) is 24.6. The Morgan fingerprint density at radius 3 is 1.74 bits per heavy atom. The van der Waals surface area contributed by atoms with Crippen molar-refractivity contribution in [2.24, 2.45) is 0 Å². The molecule has 0 unspecified atom stereocenters. The number of hydrogen-bond acceptors (Lipinski definition) is 2. The highest BCUT2D eigenvalue weighted by atomic mass is 32.1. The van der Waals surface area contributed by atoms with Gasteiger partial charge >= 0.3 is 0 Å². The monoisotopic (exact) mass is 553 g/mol. The molecule has 42 heavy (non-hydrogen) atoms. The summed E-state index contributed by atoms with van der Waals surface area (Å²) in [6.45, 7) is 0. The highest BCUT2D eigenvalue weighted by molar-refractivity contribution is 7.26. The highest BCUT2D eigenvalue weighted by Crippen LogP contribution is 2.45. The van der Waals surface area contributed by atoms with Gasteiger partial charge in [-0.05, 0) is 69.4 Å². The molecule has 0 amide bonds. The van der Waals surface area contributed by atoms with E-state index in [0.717, 1.165) is 11.4 Å². The molecule has 0 N–H and O–H groups in total. The van der Waals surface area contributed by atoms with Crippen LogP contribution >= 0.6 is 11.3 Å². The molecule has 198 valence electrons. The predicted molar refractivity (Wildman–Crippen MR) is 182 cm³/mol. The molecule has 2 heteroatoms. The van der Waals surface area contributed by atoms with Crippen LogP contribution in [0.2, 0.25) is 0 Å². The van der Waals surface area contributed by atoms with Crippen molar-refractivity contribution in [1.82, 2.24) is 0 Å². The standard InChI is InChI=1S/C40H27NS/c1-2-10-28(11-3-1)29-20-24-32(25-21-29)41(38-18-9-17-37-36-15-6-7-19-39(36)42-40(37)38)33-26-22-31(23-27-33)35-16-8-13-30-12-4-5-14-34(30)35/h1-27H. The van der Waals surface area contributed by atoms with E-state index in [1.54, 1.807) is 0 Å². The fraction of sp³-hybridized carbons (Fsp3) is 0. The minimum atomic E-state index is 1.14. The molecule has 0 aliphatic rings. The fourth-order valence-electron chi connectivity index (χ4n) is 6.04. The van der Waals surface area contributed by atoms with Crippen molar-refractivity contribution in [1.29, 1.82) is 0 Å². The van der Waals surface area contributed by atoms with Gasteiger partial charge in [-0.1, -0.05) is 127 Å². The quantitative estimate of drug-likeness (QED) is 0.205. The molecule has 1 nitrogen and oxygen atoms in total. The van der Waals surface area contributed by atoms with Gasteiger partial charge in [0.05, 0.1) is 10.4 Å². The van der Waals surface area contributed by atoms with Crippen molar-refractivity contribution in [2.75, 3.05) is 4.90 Å². The molecule has 0 fully saturated rings. The normalized spacial score (nSPS) is 11.3. The molecule has 0 bridgehead atoms. The lowest BCUT2D eigenvalue weighted by Crippen LogP contribution is -2.10. The third-order valence-corrected chi connectivity index (χ3v) is 9.29. The molecular formula is C40H27NS. The molecule has 8 rings (SSSR count). The summed E-state index contributed by atoms with van der Waals surface area (Å²) in [7, 11) is 0. The van der Waals surface area contributed by atoms with E-state index in [1.807, 2.05) is 11.3 Å². The molecule has 0 spiro atoms. The average Bonchev–Trinajstić information content (AvgIpc) is 3.45. The first-order valence-electron chi connectivity index (χ1n) is 14.3. The Hall–Kier alpha value is -5.18. The topological polar surface area (TPSA) is 3.24 Å². The van der Waals surface area contributed by atoms with E-state index in [0.29, 0.717) is 0 Å². The SMILES string of the molecule is c1ccc(-c2ccc(N(c3ccc(-c4cccc5ccccc45)cc3)c3cccc4c3sc3ccccc34)cc2)cc1. The Morgan fingerprint density at radius 2 is 0.952 bits per heavy atom. The fourth-order valence-corrected chi connectivity index (χ4v) is 7.24. The van der Waals surface area contributed by atoms with Crippen LogP contribution in [0.25, 0.3) is 53.2 Å². The second-order valence-corrected chi connectivity index (χ2v) is 11.6. The van der Waals surface area contributed by atoms with Gasteiger partial charge in [0.2, 0.25) is 0 Å². The number of hydrogen-bond donors (Lipinski definition) is 0. The van der Waals surface area contributed by atoms with E-state index < -0.39 is 0 Å². The molecule has 0 saturated carbocycles. The summed E-state index contributed by atoms with van der Waals surface area (Å²) < 4.78 is 2.61. The Balaban J connectivity index is 1.28. The summed E-state index contributed by atoms with van der Waals surface area (Å²) in [6.07, 6.45) is 0. The van der Waals surface area contributed by atoms with Crippen molar-refractivity contribution in [2.45, 2.75) is 0 Å². The third kappa shape index (κ3) is 4.25. The molecule has 0 atom stereocenters. The Morgan fingerprint density at radius 1 is 0.381 bits per heavy atom. The maximum Gasteiger partial charge on any atom is 0.0640 e. The second-order valence-electron chi connectivity index (χ2n) is 10.6. The zero-order valence-electron chi connectivity index (χ0n) is 22.9. The van der Waals surface area contributed by atoms with Crippen molar-refractivity contribution in [3.8, 4) is 22.3 Å². The molecule has 0 aliphatic heterocycles. The van der Waals surface area contributed by atoms with E-state index in [2.05, 4.69) is 169 Å². The zero-order chi connectivity index (χ0) is 27.9. The lowest BCUT2D eigenvalue weighted by molar-refractivity contribution is 1.30. The largest absolute Gasteiger partial charge is 0.309 e. The smallest absolute Gasteiger partial charge is 0.0640 e. The maximum atomic E-state index is 2.40. The summed E-state index contributed by atoms with van der Waals surface area (Å²) in [4.78, 5) is 2.40. The van der Waals surface area contributed by atoms with Crippen molar-refractivity contribution in [3.05, 3.63) is 164 Å². The average molecular weight is 554 g/mol. The zero-order valence-corrected chi connectivity index (χ0v) is 23.8. The molecule has 7 aromatic carbocycles. The van der Waals surface area contributed by atoms with Crippen LogP contribution in [-0.4, -0.2) is 0 Å². The Kier molecular flexibility index (Phi) is 6.05. The van der Waals surface area contributed by atoms with Gasteiger partial charge < -0.3 is 4.90 Å². The number of nitrogens with zero attached hydrogens (tertiary/aromatic N) is 1. The van der Waals surface area contributed by atoms with Crippen LogP contribution < -0.4 is 4.90 Å². The summed E-state index contributed by atoms with van der Waals surface area (Å²) in [5.41, 5.74) is 8.38. The van der Waals surface area contributed by atoms with Crippen LogP contribution in [0.1, 0.15) is 0 Å². The first-order valence-corrected chi connectivity index (χ1v) is 15.1.